The number of nitrogens with zero attached hydrogens (tertiary/aromatic N) is 3. The molecule has 0 spiro atoms. The third-order valence-electron chi connectivity index (χ3n) is 4.73. The summed E-state index contributed by atoms with van der Waals surface area (Å²) in [5.74, 6) is 1.31. The van der Waals surface area contributed by atoms with Gasteiger partial charge in [-0.15, -0.1) is 0 Å². The lowest BCUT2D eigenvalue weighted by molar-refractivity contribution is 0.415. The number of unbranched alkanes of at least 4 members (excludes halogenated alkanes) is 1. The van der Waals surface area contributed by atoms with Crippen LogP contribution in [0.15, 0.2) is 30.6 Å². The Kier molecular flexibility index (Phi) is 6.30. The first-order valence-electron chi connectivity index (χ1n) is 9.26. The topological polar surface area (TPSA) is 90.0 Å². The second-order valence-electron chi connectivity index (χ2n) is 6.66. The number of rotatable bonds is 7. The van der Waals surface area contributed by atoms with Crippen molar-refractivity contribution in [2.75, 3.05) is 24.7 Å². The minimum absolute atomic E-state index is 0.494. The fraction of sp³-hybridized carbons (Fsp3) is 0.350. The van der Waals surface area contributed by atoms with Crippen LogP contribution >= 0.6 is 12.2 Å². The molecule has 3 rings (SSSR count). The zero-order valence-electron chi connectivity index (χ0n) is 16.5. The third-order valence-corrected chi connectivity index (χ3v) is 4.97. The van der Waals surface area contributed by atoms with Crippen LogP contribution in [-0.2, 0) is 6.54 Å². The summed E-state index contributed by atoms with van der Waals surface area (Å²) in [4.78, 5) is 8.78. The van der Waals surface area contributed by atoms with E-state index in [2.05, 4.69) is 32.1 Å². The van der Waals surface area contributed by atoms with Crippen LogP contribution in [0, 0.1) is 13.8 Å². The van der Waals surface area contributed by atoms with Crippen molar-refractivity contribution in [3.8, 4) is 5.75 Å². The maximum atomic E-state index is 6.00. The number of hydrogen-bond donors (Lipinski definition) is 3. The van der Waals surface area contributed by atoms with Crippen LogP contribution in [0.2, 0.25) is 0 Å². The normalized spacial score (nSPS) is 10.8. The van der Waals surface area contributed by atoms with E-state index in [-0.39, 0.29) is 0 Å². The summed E-state index contributed by atoms with van der Waals surface area (Å²) in [6.45, 7) is 5.72. The monoisotopic (exact) mass is 398 g/mol. The van der Waals surface area contributed by atoms with Crippen LogP contribution in [0.3, 0.4) is 0 Å². The zero-order valence-corrected chi connectivity index (χ0v) is 17.3. The number of benzene rings is 1. The maximum absolute atomic E-state index is 6.00. The minimum Gasteiger partial charge on any atom is -0.497 e. The van der Waals surface area contributed by atoms with E-state index in [1.54, 1.807) is 7.11 Å². The van der Waals surface area contributed by atoms with Gasteiger partial charge in [0.1, 0.15) is 11.3 Å². The van der Waals surface area contributed by atoms with Gasteiger partial charge in [0, 0.05) is 24.5 Å². The molecule has 0 aliphatic carbocycles. The second kappa shape index (κ2) is 8.88. The molecule has 2 aromatic heterocycles. The average molecular weight is 399 g/mol. The highest BCUT2D eigenvalue weighted by Gasteiger charge is 2.12. The van der Waals surface area contributed by atoms with E-state index in [9.17, 15) is 0 Å². The Morgan fingerprint density at radius 2 is 1.96 bits per heavy atom. The lowest BCUT2D eigenvalue weighted by Gasteiger charge is -2.12. The van der Waals surface area contributed by atoms with Crippen molar-refractivity contribution in [3.05, 3.63) is 41.9 Å². The summed E-state index contributed by atoms with van der Waals surface area (Å²) in [5.41, 5.74) is 10.9. The number of aryl methyl sites for hydroxylation is 3. The molecule has 0 atom stereocenters. The van der Waals surface area contributed by atoms with Gasteiger partial charge < -0.3 is 25.7 Å². The number of anilines is 2. The van der Waals surface area contributed by atoms with Crippen LogP contribution in [0.1, 0.15) is 24.1 Å². The fourth-order valence-corrected chi connectivity index (χ4v) is 3.30. The van der Waals surface area contributed by atoms with Gasteiger partial charge in [-0.3, -0.25) is 0 Å². The number of thiocarbonyl (C=S) groups is 1. The standard InChI is InChI=1S/C20H26N6OS/c1-13-14(2)24-19(21)17-18(13)26(12-23-17)11-5-4-10-22-20(28)25-15-6-8-16(27-3)9-7-15/h6-9,12H,4-5,10-11H2,1-3H3,(H2,21,24)(H2,22,25,28). The Labute approximate surface area is 170 Å². The van der Waals surface area contributed by atoms with Gasteiger partial charge >= 0.3 is 0 Å². The van der Waals surface area contributed by atoms with Crippen molar-refractivity contribution >= 4 is 39.9 Å². The highest BCUT2D eigenvalue weighted by molar-refractivity contribution is 7.80. The molecule has 4 N–H and O–H groups in total. The molecule has 8 heteroatoms. The number of nitrogens with two attached hydrogens (primary N) is 1. The van der Waals surface area contributed by atoms with Crippen molar-refractivity contribution in [3.63, 3.8) is 0 Å². The van der Waals surface area contributed by atoms with E-state index in [0.29, 0.717) is 10.9 Å². The summed E-state index contributed by atoms with van der Waals surface area (Å²) in [6.07, 6.45) is 3.84. The summed E-state index contributed by atoms with van der Waals surface area (Å²) in [6, 6.07) is 7.66. The quantitative estimate of drug-likeness (QED) is 0.415. The Hall–Kier alpha value is -2.87. The summed E-state index contributed by atoms with van der Waals surface area (Å²) in [7, 11) is 1.65. The molecule has 0 fully saturated rings. The molecule has 1 aromatic carbocycles. The Morgan fingerprint density at radius 1 is 1.21 bits per heavy atom. The van der Waals surface area contributed by atoms with Crippen LogP contribution in [0.5, 0.6) is 5.75 Å². The maximum Gasteiger partial charge on any atom is 0.170 e. The highest BCUT2D eigenvalue weighted by atomic mass is 32.1. The first-order valence-corrected chi connectivity index (χ1v) is 9.67. The second-order valence-corrected chi connectivity index (χ2v) is 7.07. The van der Waals surface area contributed by atoms with Gasteiger partial charge in [0.25, 0.3) is 0 Å². The predicted octanol–water partition coefficient (Wildman–Crippen LogP) is 3.41. The SMILES string of the molecule is COc1ccc(NC(=S)NCCCCn2cnc3c(N)nc(C)c(C)c32)cc1. The van der Waals surface area contributed by atoms with Gasteiger partial charge in [-0.25, -0.2) is 9.97 Å². The van der Waals surface area contributed by atoms with Crippen molar-refractivity contribution < 1.29 is 4.74 Å². The lowest BCUT2D eigenvalue weighted by Crippen LogP contribution is -2.29. The number of pyridine rings is 1. The van der Waals surface area contributed by atoms with Crippen molar-refractivity contribution in [2.45, 2.75) is 33.2 Å². The van der Waals surface area contributed by atoms with Crippen molar-refractivity contribution in [1.82, 2.24) is 19.9 Å². The molecule has 7 nitrogen and oxygen atoms in total. The molecule has 28 heavy (non-hydrogen) atoms. The molecule has 0 saturated carbocycles. The molecule has 2 heterocycles. The molecule has 0 unspecified atom stereocenters. The summed E-state index contributed by atoms with van der Waals surface area (Å²) < 4.78 is 7.31. The minimum atomic E-state index is 0.494. The molecular weight excluding hydrogens is 372 g/mol. The number of nitrogen functional groups attached to an aromatic ring is 1. The summed E-state index contributed by atoms with van der Waals surface area (Å²) in [5, 5.41) is 7.03. The molecule has 0 aliphatic rings. The number of ether oxygens (including phenoxy) is 1. The molecule has 0 saturated heterocycles. The van der Waals surface area contributed by atoms with E-state index in [1.807, 2.05) is 37.5 Å². The molecule has 148 valence electrons. The first kappa shape index (κ1) is 19.9. The number of methoxy groups -OCH3 is 1. The Balaban J connectivity index is 1.46. The Morgan fingerprint density at radius 3 is 2.68 bits per heavy atom. The van der Waals surface area contributed by atoms with E-state index in [1.165, 1.54) is 0 Å². The largest absolute Gasteiger partial charge is 0.497 e. The van der Waals surface area contributed by atoms with Gasteiger partial charge in [0.15, 0.2) is 10.9 Å². The van der Waals surface area contributed by atoms with Gasteiger partial charge in [-0.1, -0.05) is 0 Å². The van der Waals surface area contributed by atoms with Crippen LogP contribution in [0.25, 0.3) is 11.0 Å². The van der Waals surface area contributed by atoms with E-state index >= 15 is 0 Å². The van der Waals surface area contributed by atoms with Crippen LogP contribution < -0.4 is 21.1 Å². The smallest absolute Gasteiger partial charge is 0.170 e. The van der Waals surface area contributed by atoms with Crippen molar-refractivity contribution in [2.24, 2.45) is 0 Å². The number of imidazole rings is 1. The zero-order chi connectivity index (χ0) is 20.1. The average Bonchev–Trinajstić information content (AvgIpc) is 3.11. The highest BCUT2D eigenvalue weighted by Crippen LogP contribution is 2.24. The van der Waals surface area contributed by atoms with E-state index in [4.69, 9.17) is 22.7 Å². The molecule has 0 amide bonds. The van der Waals surface area contributed by atoms with Gasteiger partial charge in [0.2, 0.25) is 0 Å². The molecule has 0 radical (unpaired) electrons. The number of nitrogens with one attached hydrogen (secondary N) is 2. The van der Waals surface area contributed by atoms with E-state index in [0.717, 1.165) is 59.7 Å². The van der Waals surface area contributed by atoms with Crippen molar-refractivity contribution in [1.29, 1.82) is 0 Å². The fourth-order valence-electron chi connectivity index (χ4n) is 3.08. The Bertz CT molecular complexity index is 967. The molecular formula is C20H26N6OS. The van der Waals surface area contributed by atoms with Crippen LogP contribution in [0.4, 0.5) is 11.5 Å². The van der Waals surface area contributed by atoms with E-state index < -0.39 is 0 Å². The molecule has 0 aliphatic heterocycles. The van der Waals surface area contributed by atoms with Gasteiger partial charge in [-0.2, -0.15) is 0 Å². The molecule has 3 aromatic rings. The van der Waals surface area contributed by atoms with Crippen LogP contribution in [-0.4, -0.2) is 33.3 Å². The van der Waals surface area contributed by atoms with Gasteiger partial charge in [0.05, 0.1) is 19.0 Å². The van der Waals surface area contributed by atoms with Gasteiger partial charge in [-0.05, 0) is 68.7 Å². The number of fused-ring (bicyclic) bond motifs is 1. The lowest BCUT2D eigenvalue weighted by atomic mass is 10.2. The first-order chi connectivity index (χ1) is 13.5. The summed E-state index contributed by atoms with van der Waals surface area (Å²) >= 11 is 5.35. The third kappa shape index (κ3) is 4.51. The number of aromatic nitrogens is 3. The predicted molar refractivity (Wildman–Crippen MR) is 118 cm³/mol. The number of hydrogen-bond acceptors (Lipinski definition) is 5. The molecule has 0 bridgehead atoms.